The summed E-state index contributed by atoms with van der Waals surface area (Å²) in [7, 11) is 0. The van der Waals surface area contributed by atoms with Crippen LogP contribution in [0.15, 0.2) is 60.2 Å². The molecule has 1 amide bonds. The van der Waals surface area contributed by atoms with Gasteiger partial charge in [-0.2, -0.15) is 0 Å². The quantitative estimate of drug-likeness (QED) is 0.172. The Kier molecular flexibility index (Phi) is 6.07. The number of hydrogen-bond donors (Lipinski definition) is 1. The van der Waals surface area contributed by atoms with E-state index < -0.39 is 17.7 Å². The molecule has 0 radical (unpaired) electrons. The number of rotatable bonds is 4. The van der Waals surface area contributed by atoms with Gasteiger partial charge in [0.1, 0.15) is 17.6 Å². The molecule has 4 aromatic rings. The second kappa shape index (κ2) is 9.35. The van der Waals surface area contributed by atoms with Gasteiger partial charge in [-0.25, -0.2) is 4.98 Å². The first kappa shape index (κ1) is 25.3. The predicted octanol–water partition coefficient (Wildman–Crippen LogP) is 6.99. The molecular weight excluding hydrogens is 508 g/mol. The summed E-state index contributed by atoms with van der Waals surface area (Å²) in [5, 5.41) is 12.0. The lowest BCUT2D eigenvalue weighted by atomic mass is 9.93. The predicted molar refractivity (Wildman–Crippen MR) is 155 cm³/mol. The van der Waals surface area contributed by atoms with Gasteiger partial charge >= 0.3 is 5.91 Å². The largest absolute Gasteiger partial charge is 0.507 e. The number of carbonyl (C=O) groups is 2. The minimum atomic E-state index is -0.809. The Hall–Kier alpha value is -3.97. The fourth-order valence-corrected chi connectivity index (χ4v) is 6.76. The molecule has 39 heavy (non-hydrogen) atoms. The molecule has 1 aromatic heterocycles. The lowest BCUT2D eigenvalue weighted by molar-refractivity contribution is -0.132. The van der Waals surface area contributed by atoms with Gasteiger partial charge in [0.15, 0.2) is 5.13 Å². The number of nitrogens with zero attached hydrogens (tertiary/aromatic N) is 2. The zero-order valence-electron chi connectivity index (χ0n) is 22.6. The molecule has 0 aliphatic carbocycles. The van der Waals surface area contributed by atoms with E-state index in [1.54, 1.807) is 6.07 Å². The van der Waals surface area contributed by atoms with Gasteiger partial charge < -0.3 is 9.84 Å². The molecule has 1 N–H and O–H groups in total. The van der Waals surface area contributed by atoms with Gasteiger partial charge in [-0.15, -0.1) is 0 Å². The molecule has 0 saturated carbocycles. The Morgan fingerprint density at radius 3 is 2.54 bits per heavy atom. The minimum Gasteiger partial charge on any atom is -0.507 e. The van der Waals surface area contributed by atoms with Gasteiger partial charge in [-0.1, -0.05) is 55.5 Å². The van der Waals surface area contributed by atoms with Crippen LogP contribution in [0.5, 0.6) is 5.75 Å². The van der Waals surface area contributed by atoms with Crippen LogP contribution in [0, 0.1) is 13.8 Å². The Labute approximate surface area is 231 Å². The normalized spacial score (nSPS) is 20.2. The maximum atomic E-state index is 13.6. The first-order valence-corrected chi connectivity index (χ1v) is 14.0. The van der Waals surface area contributed by atoms with Crippen molar-refractivity contribution in [2.75, 3.05) is 4.90 Å². The summed E-state index contributed by atoms with van der Waals surface area (Å²) in [6, 6.07) is 16.6. The van der Waals surface area contributed by atoms with Crippen molar-refractivity contribution in [3.05, 3.63) is 93.6 Å². The van der Waals surface area contributed by atoms with Gasteiger partial charge in [-0.05, 0) is 78.8 Å². The third-order valence-corrected chi connectivity index (χ3v) is 8.56. The van der Waals surface area contributed by atoms with Crippen LogP contribution in [0.4, 0.5) is 5.13 Å². The topological polar surface area (TPSA) is 79.7 Å². The van der Waals surface area contributed by atoms with Crippen LogP contribution in [0.25, 0.3) is 16.0 Å². The van der Waals surface area contributed by atoms with Gasteiger partial charge in [0.05, 0.1) is 21.8 Å². The highest BCUT2D eigenvalue weighted by molar-refractivity contribution is 7.22. The summed E-state index contributed by atoms with van der Waals surface area (Å²) < 4.78 is 6.76. The molecule has 0 bridgehead atoms. The van der Waals surface area contributed by atoms with Gasteiger partial charge in [0.2, 0.25) is 0 Å². The summed E-state index contributed by atoms with van der Waals surface area (Å²) in [6.07, 6.45) is 0.767. The van der Waals surface area contributed by atoms with E-state index in [0.29, 0.717) is 16.6 Å². The highest BCUT2D eigenvalue weighted by Gasteiger charge is 2.48. The number of aryl methyl sites for hydroxylation is 2. The van der Waals surface area contributed by atoms with Crippen LogP contribution in [0.1, 0.15) is 66.1 Å². The Bertz CT molecular complexity index is 1680. The molecule has 1 saturated heterocycles. The van der Waals surface area contributed by atoms with Gasteiger partial charge in [0.25, 0.3) is 5.78 Å². The van der Waals surface area contributed by atoms with Crippen LogP contribution in [-0.4, -0.2) is 27.9 Å². The van der Waals surface area contributed by atoms with E-state index in [0.717, 1.165) is 50.2 Å². The van der Waals surface area contributed by atoms with Crippen molar-refractivity contribution in [1.29, 1.82) is 0 Å². The van der Waals surface area contributed by atoms with Crippen LogP contribution >= 0.6 is 11.3 Å². The van der Waals surface area contributed by atoms with Crippen molar-refractivity contribution >= 4 is 44.1 Å². The number of aliphatic hydroxyl groups is 1. The van der Waals surface area contributed by atoms with E-state index in [-0.39, 0.29) is 17.4 Å². The average molecular weight is 539 g/mol. The van der Waals surface area contributed by atoms with E-state index in [9.17, 15) is 14.7 Å². The van der Waals surface area contributed by atoms with E-state index in [2.05, 4.69) is 19.9 Å². The number of aliphatic hydroxyl groups excluding tert-OH is 1. The molecule has 0 spiro atoms. The van der Waals surface area contributed by atoms with Gasteiger partial charge in [0, 0.05) is 12.0 Å². The Balaban J connectivity index is 1.54. The second-order valence-electron chi connectivity index (χ2n) is 10.9. The van der Waals surface area contributed by atoms with Crippen molar-refractivity contribution < 1.29 is 19.4 Å². The summed E-state index contributed by atoms with van der Waals surface area (Å²) in [5.41, 5.74) is 6.34. The van der Waals surface area contributed by atoms with Gasteiger partial charge in [-0.3, -0.25) is 14.5 Å². The molecule has 6 rings (SSSR count). The average Bonchev–Trinajstić information content (AvgIpc) is 3.56. The molecule has 2 aliphatic rings. The maximum absolute atomic E-state index is 13.6. The van der Waals surface area contributed by atoms with E-state index in [1.165, 1.54) is 16.2 Å². The molecule has 2 atom stereocenters. The summed E-state index contributed by atoms with van der Waals surface area (Å²) >= 11 is 1.38. The third-order valence-electron chi connectivity index (χ3n) is 7.56. The van der Waals surface area contributed by atoms with Crippen molar-refractivity contribution in [2.45, 2.75) is 59.1 Å². The summed E-state index contributed by atoms with van der Waals surface area (Å²) in [5.74, 6) is -0.495. The molecule has 198 valence electrons. The first-order valence-electron chi connectivity index (χ1n) is 13.2. The number of fused-ring (bicyclic) bond motifs is 2. The first-order chi connectivity index (χ1) is 18.6. The lowest BCUT2D eigenvalue weighted by Crippen LogP contribution is -2.29. The van der Waals surface area contributed by atoms with Crippen LogP contribution < -0.4 is 9.64 Å². The van der Waals surface area contributed by atoms with Crippen LogP contribution in [0.3, 0.4) is 0 Å². The van der Waals surface area contributed by atoms with Crippen molar-refractivity contribution in [2.24, 2.45) is 0 Å². The number of aromatic nitrogens is 1. The zero-order valence-corrected chi connectivity index (χ0v) is 23.4. The van der Waals surface area contributed by atoms with Crippen molar-refractivity contribution in [1.82, 2.24) is 4.98 Å². The number of ketones is 1. The number of benzene rings is 3. The summed E-state index contributed by atoms with van der Waals surface area (Å²) in [6.45, 7) is 10.2. The SMILES string of the molecule is Cc1cc(C)c2nc(N3C(=O)C(=O)/C(=C(\O)c4ccc5c(c4)CC(C)O5)C3c3ccc(C(C)C)cc3)sc2c1. The molecule has 2 unspecified atom stereocenters. The fraction of sp³-hybridized carbons (Fsp3) is 0.281. The molecule has 7 heteroatoms. The van der Waals surface area contributed by atoms with E-state index >= 15 is 0 Å². The molecule has 1 fully saturated rings. The van der Waals surface area contributed by atoms with Crippen LogP contribution in [0.2, 0.25) is 0 Å². The minimum absolute atomic E-state index is 0.0496. The van der Waals surface area contributed by atoms with Crippen molar-refractivity contribution in [3.63, 3.8) is 0 Å². The van der Waals surface area contributed by atoms with Crippen molar-refractivity contribution in [3.8, 4) is 5.75 Å². The number of thiazole rings is 1. The smallest absolute Gasteiger partial charge is 0.301 e. The number of amides is 1. The second-order valence-corrected chi connectivity index (χ2v) is 11.9. The fourth-order valence-electron chi connectivity index (χ4n) is 5.60. The number of ether oxygens (including phenoxy) is 1. The highest BCUT2D eigenvalue weighted by atomic mass is 32.1. The molecule has 3 aromatic carbocycles. The monoisotopic (exact) mass is 538 g/mol. The lowest BCUT2D eigenvalue weighted by Gasteiger charge is -2.23. The standard InChI is InChI=1S/C32H30N2O4S/c1-16(2)20-6-8-21(9-7-20)28-26(29(35)22-10-11-24-23(15-22)14-19(5)38-24)30(36)31(37)34(28)32-33-27-18(4)12-17(3)13-25(27)39-32/h6-13,15-16,19,28,35H,14H2,1-5H3/b29-26-. The number of Topliss-reactive ketones (excluding diaryl/α,β-unsaturated/α-hetero) is 1. The molecule has 3 heterocycles. The maximum Gasteiger partial charge on any atom is 0.301 e. The Morgan fingerprint density at radius 1 is 1.08 bits per heavy atom. The third kappa shape index (κ3) is 4.21. The number of carbonyl (C=O) groups excluding carboxylic acids is 2. The Morgan fingerprint density at radius 2 is 1.82 bits per heavy atom. The highest BCUT2D eigenvalue weighted by Crippen LogP contribution is 2.45. The molecular formula is C32H30N2O4S. The number of hydrogen-bond acceptors (Lipinski definition) is 6. The van der Waals surface area contributed by atoms with Crippen LogP contribution in [-0.2, 0) is 16.0 Å². The van der Waals surface area contributed by atoms with E-state index in [4.69, 9.17) is 9.72 Å². The summed E-state index contributed by atoms with van der Waals surface area (Å²) in [4.78, 5) is 33.5. The zero-order chi connectivity index (χ0) is 27.6. The number of anilines is 1. The van der Waals surface area contributed by atoms with E-state index in [1.807, 2.05) is 63.2 Å². The molecule has 2 aliphatic heterocycles. The molecule has 6 nitrogen and oxygen atoms in total.